The molecule has 0 aliphatic carbocycles. The van der Waals surface area contributed by atoms with Gasteiger partial charge in [-0.2, -0.15) is 0 Å². The number of halogens is 2. The minimum absolute atomic E-state index is 0.427. The molecule has 2 rings (SSSR count). The molecule has 68 valence electrons. The molecule has 0 spiro atoms. The van der Waals surface area contributed by atoms with Gasteiger partial charge in [0.15, 0.2) is 0 Å². The van der Waals surface area contributed by atoms with E-state index in [1.54, 1.807) is 17.4 Å². The molecule has 0 amide bonds. The number of nitrogen functional groups attached to an aromatic ring is 1. The van der Waals surface area contributed by atoms with Gasteiger partial charge in [0.2, 0.25) is 0 Å². The summed E-state index contributed by atoms with van der Waals surface area (Å²) >= 11 is 13.4. The van der Waals surface area contributed by atoms with Crippen LogP contribution in [0.3, 0.4) is 0 Å². The highest BCUT2D eigenvalue weighted by Crippen LogP contribution is 2.35. The standard InChI is InChI=1S/C9H7Cl2NS/c10-4-6-7(11)3-8(12)5-1-2-13-9(5)6/h1-3H,4,12H2. The van der Waals surface area contributed by atoms with Crippen molar-refractivity contribution in [1.29, 1.82) is 0 Å². The van der Waals surface area contributed by atoms with Crippen molar-refractivity contribution >= 4 is 50.3 Å². The molecule has 0 bridgehead atoms. The van der Waals surface area contributed by atoms with E-state index in [2.05, 4.69) is 0 Å². The summed E-state index contributed by atoms with van der Waals surface area (Å²) in [5.41, 5.74) is 7.50. The predicted molar refractivity (Wildman–Crippen MR) is 60.8 cm³/mol. The van der Waals surface area contributed by atoms with E-state index < -0.39 is 0 Å². The molecule has 1 nitrogen and oxygen atoms in total. The van der Waals surface area contributed by atoms with E-state index in [-0.39, 0.29) is 0 Å². The summed E-state index contributed by atoms with van der Waals surface area (Å²) < 4.78 is 1.10. The molecule has 1 aromatic carbocycles. The Kier molecular flexibility index (Phi) is 2.37. The molecule has 0 fully saturated rings. The minimum atomic E-state index is 0.427. The fourth-order valence-corrected chi connectivity index (χ4v) is 3.04. The van der Waals surface area contributed by atoms with E-state index >= 15 is 0 Å². The smallest absolute Gasteiger partial charge is 0.0503 e. The normalized spacial score (nSPS) is 10.9. The summed E-state index contributed by atoms with van der Waals surface area (Å²) in [4.78, 5) is 0. The van der Waals surface area contributed by atoms with Crippen LogP contribution in [0.15, 0.2) is 17.5 Å². The van der Waals surface area contributed by atoms with Gasteiger partial charge >= 0.3 is 0 Å². The number of anilines is 1. The zero-order chi connectivity index (χ0) is 9.42. The van der Waals surface area contributed by atoms with Gasteiger partial charge in [-0.25, -0.2) is 0 Å². The summed E-state index contributed by atoms with van der Waals surface area (Å²) in [6.07, 6.45) is 0. The Bertz CT molecular complexity index is 450. The Morgan fingerprint density at radius 2 is 2.23 bits per heavy atom. The summed E-state index contributed by atoms with van der Waals surface area (Å²) in [5.74, 6) is 0.427. The Morgan fingerprint density at radius 3 is 2.92 bits per heavy atom. The van der Waals surface area contributed by atoms with Crippen LogP contribution in [0.25, 0.3) is 10.1 Å². The van der Waals surface area contributed by atoms with Gasteiger partial charge < -0.3 is 5.73 Å². The molecule has 0 saturated carbocycles. The molecule has 0 atom stereocenters. The van der Waals surface area contributed by atoms with Gasteiger partial charge in [0, 0.05) is 26.4 Å². The van der Waals surface area contributed by atoms with Crippen LogP contribution in [0.2, 0.25) is 5.02 Å². The Labute approximate surface area is 90.1 Å². The number of thiophene rings is 1. The number of nitrogens with two attached hydrogens (primary N) is 1. The van der Waals surface area contributed by atoms with E-state index in [9.17, 15) is 0 Å². The maximum Gasteiger partial charge on any atom is 0.0503 e. The van der Waals surface area contributed by atoms with E-state index in [1.807, 2.05) is 11.4 Å². The first-order valence-corrected chi connectivity index (χ1v) is 5.53. The molecular formula is C9H7Cl2NS. The zero-order valence-corrected chi connectivity index (χ0v) is 9.01. The molecule has 13 heavy (non-hydrogen) atoms. The topological polar surface area (TPSA) is 26.0 Å². The van der Waals surface area contributed by atoms with Crippen molar-refractivity contribution in [3.8, 4) is 0 Å². The summed E-state index contributed by atoms with van der Waals surface area (Å²) in [7, 11) is 0. The van der Waals surface area contributed by atoms with Crippen molar-refractivity contribution in [3.05, 3.63) is 28.1 Å². The monoisotopic (exact) mass is 231 g/mol. The Balaban J connectivity index is 2.88. The number of alkyl halides is 1. The molecule has 2 aromatic rings. The van der Waals surface area contributed by atoms with Gasteiger partial charge in [-0.05, 0) is 17.5 Å². The number of hydrogen-bond donors (Lipinski definition) is 1. The minimum Gasteiger partial charge on any atom is -0.398 e. The second kappa shape index (κ2) is 3.37. The lowest BCUT2D eigenvalue weighted by Crippen LogP contribution is -1.88. The van der Waals surface area contributed by atoms with Crippen molar-refractivity contribution in [2.75, 3.05) is 5.73 Å². The van der Waals surface area contributed by atoms with Crippen LogP contribution in [-0.2, 0) is 5.88 Å². The van der Waals surface area contributed by atoms with E-state index in [0.29, 0.717) is 10.9 Å². The second-order valence-corrected chi connectivity index (χ2v) is 4.31. The van der Waals surface area contributed by atoms with E-state index in [0.717, 1.165) is 21.3 Å². The van der Waals surface area contributed by atoms with Gasteiger partial charge in [0.25, 0.3) is 0 Å². The zero-order valence-electron chi connectivity index (χ0n) is 6.68. The van der Waals surface area contributed by atoms with Gasteiger partial charge in [0.1, 0.15) is 0 Å². The van der Waals surface area contributed by atoms with Crippen molar-refractivity contribution in [1.82, 2.24) is 0 Å². The van der Waals surface area contributed by atoms with Gasteiger partial charge in [-0.3, -0.25) is 0 Å². The molecule has 0 aliphatic heterocycles. The lowest BCUT2D eigenvalue weighted by Gasteiger charge is -2.04. The van der Waals surface area contributed by atoms with Gasteiger partial charge in [0.05, 0.1) is 5.88 Å². The van der Waals surface area contributed by atoms with Crippen LogP contribution >= 0.6 is 34.5 Å². The lowest BCUT2D eigenvalue weighted by molar-refractivity contribution is 1.47. The first-order chi connectivity index (χ1) is 6.24. The van der Waals surface area contributed by atoms with Crippen LogP contribution in [0, 0.1) is 0 Å². The van der Waals surface area contributed by atoms with Crippen molar-refractivity contribution in [2.45, 2.75) is 5.88 Å². The highest BCUT2D eigenvalue weighted by atomic mass is 35.5. The molecule has 2 N–H and O–H groups in total. The first-order valence-electron chi connectivity index (χ1n) is 3.74. The maximum atomic E-state index is 6.01. The molecular weight excluding hydrogens is 225 g/mol. The highest BCUT2D eigenvalue weighted by Gasteiger charge is 2.09. The molecule has 4 heteroatoms. The average molecular weight is 232 g/mol. The Morgan fingerprint density at radius 1 is 1.46 bits per heavy atom. The van der Waals surface area contributed by atoms with Crippen molar-refractivity contribution in [2.24, 2.45) is 0 Å². The lowest BCUT2D eigenvalue weighted by atomic mass is 10.1. The quantitative estimate of drug-likeness (QED) is 0.586. The average Bonchev–Trinajstić information content (AvgIpc) is 2.53. The third kappa shape index (κ3) is 1.39. The summed E-state index contributed by atoms with van der Waals surface area (Å²) in [6, 6.07) is 3.75. The van der Waals surface area contributed by atoms with Crippen LogP contribution in [-0.4, -0.2) is 0 Å². The fraction of sp³-hybridized carbons (Fsp3) is 0.111. The summed E-state index contributed by atoms with van der Waals surface area (Å²) in [5, 5.41) is 3.69. The first kappa shape index (κ1) is 9.13. The van der Waals surface area contributed by atoms with E-state index in [4.69, 9.17) is 28.9 Å². The predicted octanol–water partition coefficient (Wildman–Crippen LogP) is 3.88. The Hall–Kier alpha value is -0.440. The number of rotatable bonds is 1. The molecule has 0 saturated heterocycles. The fourth-order valence-electron chi connectivity index (χ4n) is 1.30. The molecule has 0 radical (unpaired) electrons. The third-order valence-corrected chi connectivity index (χ3v) is 3.53. The van der Waals surface area contributed by atoms with Crippen molar-refractivity contribution in [3.63, 3.8) is 0 Å². The largest absolute Gasteiger partial charge is 0.398 e. The van der Waals surface area contributed by atoms with Crippen molar-refractivity contribution < 1.29 is 0 Å². The van der Waals surface area contributed by atoms with Gasteiger partial charge in [-0.1, -0.05) is 11.6 Å². The van der Waals surface area contributed by atoms with E-state index in [1.165, 1.54) is 0 Å². The summed E-state index contributed by atoms with van der Waals surface area (Å²) in [6.45, 7) is 0. The second-order valence-electron chi connectivity index (χ2n) is 2.72. The number of hydrogen-bond acceptors (Lipinski definition) is 2. The molecule has 1 aromatic heterocycles. The van der Waals surface area contributed by atoms with Crippen LogP contribution in [0.5, 0.6) is 0 Å². The van der Waals surface area contributed by atoms with Crippen LogP contribution < -0.4 is 5.73 Å². The molecule has 1 heterocycles. The highest BCUT2D eigenvalue weighted by molar-refractivity contribution is 7.17. The third-order valence-electron chi connectivity index (χ3n) is 1.95. The molecule has 0 unspecified atom stereocenters. The number of benzene rings is 1. The SMILES string of the molecule is Nc1cc(Cl)c(CCl)c2sccc12. The van der Waals surface area contributed by atoms with Crippen LogP contribution in [0.4, 0.5) is 5.69 Å². The maximum absolute atomic E-state index is 6.01. The number of fused-ring (bicyclic) bond motifs is 1. The van der Waals surface area contributed by atoms with Gasteiger partial charge in [-0.15, -0.1) is 22.9 Å². The van der Waals surface area contributed by atoms with Crippen LogP contribution in [0.1, 0.15) is 5.56 Å². The molecule has 0 aliphatic rings.